The second kappa shape index (κ2) is 8.26. The largest absolute Gasteiger partial charge is 0.354 e. The molecule has 0 aliphatic rings. The normalized spacial score (nSPS) is 10.3. The molecule has 1 aromatic rings. The minimum Gasteiger partial charge on any atom is -0.354 e. The van der Waals surface area contributed by atoms with Gasteiger partial charge in [0.1, 0.15) is 6.54 Å². The minimum atomic E-state index is -0.203. The van der Waals surface area contributed by atoms with Crippen LogP contribution in [-0.4, -0.2) is 51.3 Å². The Kier molecular flexibility index (Phi) is 6.65. The number of nitrogens with zero attached hydrogens (tertiary/aromatic N) is 4. The highest BCUT2D eigenvalue weighted by Crippen LogP contribution is 1.93. The summed E-state index contributed by atoms with van der Waals surface area (Å²) in [6.45, 7) is 5.92. The SMILES string of the molecule is CCN(CC)C(=O)CCNC(=O)Cn1cc(CN)nn1. The first-order valence-corrected chi connectivity index (χ1v) is 6.74. The lowest BCUT2D eigenvalue weighted by Gasteiger charge is -2.18. The maximum Gasteiger partial charge on any atom is 0.241 e. The fraction of sp³-hybridized carbons (Fsp3) is 0.667. The van der Waals surface area contributed by atoms with Crippen molar-refractivity contribution in [1.82, 2.24) is 25.2 Å². The third-order valence-electron chi connectivity index (χ3n) is 2.88. The smallest absolute Gasteiger partial charge is 0.241 e. The van der Waals surface area contributed by atoms with Gasteiger partial charge in [0.15, 0.2) is 0 Å². The average Bonchev–Trinajstić information content (AvgIpc) is 2.87. The van der Waals surface area contributed by atoms with Crippen molar-refractivity contribution in [1.29, 1.82) is 0 Å². The van der Waals surface area contributed by atoms with Crippen LogP contribution in [0.5, 0.6) is 0 Å². The molecule has 1 heterocycles. The van der Waals surface area contributed by atoms with E-state index < -0.39 is 0 Å². The van der Waals surface area contributed by atoms with E-state index in [2.05, 4.69) is 15.6 Å². The van der Waals surface area contributed by atoms with Crippen LogP contribution >= 0.6 is 0 Å². The molecule has 1 aromatic heterocycles. The molecule has 8 heteroatoms. The van der Waals surface area contributed by atoms with Crippen molar-refractivity contribution in [2.45, 2.75) is 33.4 Å². The molecule has 0 atom stereocenters. The van der Waals surface area contributed by atoms with Crippen LogP contribution in [0.25, 0.3) is 0 Å². The molecular formula is C12H22N6O2. The summed E-state index contributed by atoms with van der Waals surface area (Å²) in [7, 11) is 0. The molecule has 0 aliphatic heterocycles. The molecular weight excluding hydrogens is 260 g/mol. The lowest BCUT2D eigenvalue weighted by Crippen LogP contribution is -2.35. The minimum absolute atomic E-state index is 0.0430. The van der Waals surface area contributed by atoms with E-state index >= 15 is 0 Å². The molecule has 0 aliphatic carbocycles. The van der Waals surface area contributed by atoms with Gasteiger partial charge in [0, 0.05) is 32.6 Å². The first-order valence-electron chi connectivity index (χ1n) is 6.74. The highest BCUT2D eigenvalue weighted by atomic mass is 16.2. The second-order valence-corrected chi connectivity index (χ2v) is 4.28. The molecule has 8 nitrogen and oxygen atoms in total. The van der Waals surface area contributed by atoms with Gasteiger partial charge >= 0.3 is 0 Å². The number of carbonyl (C=O) groups is 2. The fourth-order valence-corrected chi connectivity index (χ4v) is 1.76. The Morgan fingerprint density at radius 3 is 2.65 bits per heavy atom. The fourth-order valence-electron chi connectivity index (χ4n) is 1.76. The van der Waals surface area contributed by atoms with Crippen molar-refractivity contribution in [3.63, 3.8) is 0 Å². The van der Waals surface area contributed by atoms with E-state index in [1.54, 1.807) is 11.1 Å². The maximum absolute atomic E-state index is 11.7. The topological polar surface area (TPSA) is 106 Å². The number of hydrogen-bond donors (Lipinski definition) is 2. The zero-order chi connectivity index (χ0) is 15.0. The summed E-state index contributed by atoms with van der Waals surface area (Å²) in [5.74, 6) is -0.160. The highest BCUT2D eigenvalue weighted by molar-refractivity contribution is 5.78. The van der Waals surface area contributed by atoms with E-state index in [1.807, 2.05) is 13.8 Å². The number of rotatable bonds is 8. The van der Waals surface area contributed by atoms with Gasteiger partial charge in [0.05, 0.1) is 11.9 Å². The molecule has 0 saturated heterocycles. The number of carbonyl (C=O) groups excluding carboxylic acids is 2. The quantitative estimate of drug-likeness (QED) is 0.643. The van der Waals surface area contributed by atoms with Crippen LogP contribution in [0.1, 0.15) is 26.0 Å². The van der Waals surface area contributed by atoms with Gasteiger partial charge < -0.3 is 16.0 Å². The molecule has 0 spiro atoms. The lowest BCUT2D eigenvalue weighted by molar-refractivity contribution is -0.130. The van der Waals surface area contributed by atoms with Crippen molar-refractivity contribution in [2.24, 2.45) is 5.73 Å². The van der Waals surface area contributed by atoms with Gasteiger partial charge in [-0.2, -0.15) is 0 Å². The molecule has 2 amide bonds. The van der Waals surface area contributed by atoms with Crippen LogP contribution in [0.3, 0.4) is 0 Å². The van der Waals surface area contributed by atoms with Crippen molar-refractivity contribution < 1.29 is 9.59 Å². The summed E-state index contributed by atoms with van der Waals surface area (Å²) < 4.78 is 1.42. The monoisotopic (exact) mass is 282 g/mol. The van der Waals surface area contributed by atoms with E-state index in [9.17, 15) is 9.59 Å². The predicted molar refractivity (Wildman–Crippen MR) is 73.5 cm³/mol. The standard InChI is InChI=1S/C12H22N6O2/c1-3-17(4-2)12(20)5-6-14-11(19)9-18-8-10(7-13)15-16-18/h8H,3-7,9,13H2,1-2H3,(H,14,19). The summed E-state index contributed by atoms with van der Waals surface area (Å²) >= 11 is 0. The zero-order valence-electron chi connectivity index (χ0n) is 12.0. The van der Waals surface area contributed by atoms with Gasteiger partial charge in [-0.25, -0.2) is 4.68 Å². The predicted octanol–water partition coefficient (Wildman–Crippen LogP) is -0.888. The third kappa shape index (κ3) is 4.96. The molecule has 20 heavy (non-hydrogen) atoms. The second-order valence-electron chi connectivity index (χ2n) is 4.28. The number of amides is 2. The number of aromatic nitrogens is 3. The van der Waals surface area contributed by atoms with Crippen LogP contribution in [0.15, 0.2) is 6.20 Å². The Bertz CT molecular complexity index is 441. The molecule has 0 saturated carbocycles. The maximum atomic E-state index is 11.7. The van der Waals surface area contributed by atoms with E-state index in [4.69, 9.17) is 5.73 Å². The molecule has 3 N–H and O–H groups in total. The summed E-state index contributed by atoms with van der Waals surface area (Å²) in [4.78, 5) is 25.1. The molecule has 112 valence electrons. The van der Waals surface area contributed by atoms with E-state index in [0.717, 1.165) is 0 Å². The zero-order valence-corrected chi connectivity index (χ0v) is 12.0. The van der Waals surface area contributed by atoms with Crippen molar-refractivity contribution in [3.8, 4) is 0 Å². The van der Waals surface area contributed by atoms with Crippen LogP contribution in [0, 0.1) is 0 Å². The number of hydrogen-bond acceptors (Lipinski definition) is 5. The summed E-state index contributed by atoms with van der Waals surface area (Å²) in [5.41, 5.74) is 6.04. The molecule has 0 fully saturated rings. The van der Waals surface area contributed by atoms with Gasteiger partial charge in [-0.15, -0.1) is 5.10 Å². The molecule has 1 rings (SSSR count). The van der Waals surface area contributed by atoms with Crippen LogP contribution in [0.4, 0.5) is 0 Å². The molecule has 0 bridgehead atoms. The van der Waals surface area contributed by atoms with E-state index in [0.29, 0.717) is 38.3 Å². The lowest BCUT2D eigenvalue weighted by atomic mass is 10.3. The van der Waals surface area contributed by atoms with Crippen LogP contribution in [0.2, 0.25) is 0 Å². The van der Waals surface area contributed by atoms with Crippen molar-refractivity contribution in [2.75, 3.05) is 19.6 Å². The first kappa shape index (κ1) is 16.1. The first-order chi connectivity index (χ1) is 9.60. The van der Waals surface area contributed by atoms with Gasteiger partial charge in [0.2, 0.25) is 11.8 Å². The van der Waals surface area contributed by atoms with Gasteiger partial charge in [-0.05, 0) is 13.8 Å². The van der Waals surface area contributed by atoms with Gasteiger partial charge in [0.25, 0.3) is 0 Å². The Morgan fingerprint density at radius 2 is 2.10 bits per heavy atom. The van der Waals surface area contributed by atoms with E-state index in [-0.39, 0.29) is 18.4 Å². The molecule has 0 aromatic carbocycles. The third-order valence-corrected chi connectivity index (χ3v) is 2.88. The number of nitrogens with one attached hydrogen (secondary N) is 1. The Morgan fingerprint density at radius 1 is 1.40 bits per heavy atom. The Balaban J connectivity index is 2.28. The van der Waals surface area contributed by atoms with Crippen LogP contribution < -0.4 is 11.1 Å². The van der Waals surface area contributed by atoms with Crippen molar-refractivity contribution in [3.05, 3.63) is 11.9 Å². The molecule has 0 unspecified atom stereocenters. The Labute approximate surface area is 118 Å². The van der Waals surface area contributed by atoms with Gasteiger partial charge in [-0.1, -0.05) is 5.21 Å². The van der Waals surface area contributed by atoms with Crippen molar-refractivity contribution >= 4 is 11.8 Å². The van der Waals surface area contributed by atoms with Crippen LogP contribution in [-0.2, 0) is 22.7 Å². The Hall–Kier alpha value is -1.96. The molecule has 0 radical (unpaired) electrons. The summed E-state index contributed by atoms with van der Waals surface area (Å²) in [6.07, 6.45) is 1.93. The highest BCUT2D eigenvalue weighted by Gasteiger charge is 2.10. The summed E-state index contributed by atoms with van der Waals surface area (Å²) in [6, 6.07) is 0. The summed E-state index contributed by atoms with van der Waals surface area (Å²) in [5, 5.41) is 10.3. The average molecular weight is 282 g/mol. The number of nitrogens with two attached hydrogens (primary N) is 1. The van der Waals surface area contributed by atoms with E-state index in [1.165, 1.54) is 4.68 Å². The van der Waals surface area contributed by atoms with Gasteiger partial charge in [-0.3, -0.25) is 9.59 Å².